The molecule has 1 saturated heterocycles. The molecule has 5 rings (SSSR count). The molecule has 0 spiro atoms. The van der Waals surface area contributed by atoms with Crippen LogP contribution in [0.2, 0.25) is 0 Å². The Hall–Kier alpha value is -3.51. The zero-order chi connectivity index (χ0) is 21.8. The van der Waals surface area contributed by atoms with E-state index < -0.39 is 0 Å². The molecule has 9 nitrogen and oxygen atoms in total. The van der Waals surface area contributed by atoms with Crippen molar-refractivity contribution in [3.05, 3.63) is 42.4 Å². The number of hydrogen-bond donors (Lipinski definition) is 1. The van der Waals surface area contributed by atoms with Crippen LogP contribution in [0.1, 0.15) is 31.2 Å². The fourth-order valence-electron chi connectivity index (χ4n) is 4.22. The van der Waals surface area contributed by atoms with Gasteiger partial charge in [0.15, 0.2) is 0 Å². The molecule has 1 aliphatic carbocycles. The molecule has 2 aliphatic rings. The first-order chi connectivity index (χ1) is 15.8. The van der Waals surface area contributed by atoms with Crippen LogP contribution in [-0.2, 0) is 4.74 Å². The van der Waals surface area contributed by atoms with Crippen LogP contribution in [0.4, 0.5) is 11.8 Å². The number of morpholine rings is 1. The van der Waals surface area contributed by atoms with Gasteiger partial charge in [-0.1, -0.05) is 0 Å². The van der Waals surface area contributed by atoms with Crippen LogP contribution in [0.25, 0.3) is 10.9 Å². The summed E-state index contributed by atoms with van der Waals surface area (Å²) in [7, 11) is 0. The molecule has 1 aliphatic heterocycles. The summed E-state index contributed by atoms with van der Waals surface area (Å²) in [6.07, 6.45) is 8.88. The Labute approximate surface area is 186 Å². The third kappa shape index (κ3) is 4.55. The van der Waals surface area contributed by atoms with Gasteiger partial charge in [-0.05, 0) is 37.8 Å². The van der Waals surface area contributed by atoms with Crippen LogP contribution in [0.5, 0.6) is 5.88 Å². The van der Waals surface area contributed by atoms with Crippen molar-refractivity contribution in [1.29, 1.82) is 5.26 Å². The van der Waals surface area contributed by atoms with Crippen LogP contribution >= 0.6 is 0 Å². The van der Waals surface area contributed by atoms with Gasteiger partial charge >= 0.3 is 0 Å². The first-order valence-corrected chi connectivity index (χ1v) is 11.0. The van der Waals surface area contributed by atoms with Crippen LogP contribution in [0.15, 0.2) is 36.8 Å². The average Bonchev–Trinajstić information content (AvgIpc) is 2.86. The summed E-state index contributed by atoms with van der Waals surface area (Å²) in [4.78, 5) is 20.0. The maximum atomic E-state index is 9.33. The topological polar surface area (TPSA) is 109 Å². The molecule has 1 N–H and O–H groups in total. The smallest absolute Gasteiger partial charge is 0.225 e. The molecule has 1 saturated carbocycles. The number of hydrogen-bond acceptors (Lipinski definition) is 9. The number of nitrogens with zero attached hydrogens (tertiary/aromatic N) is 6. The Morgan fingerprint density at radius 2 is 1.84 bits per heavy atom. The van der Waals surface area contributed by atoms with Crippen molar-refractivity contribution < 1.29 is 9.47 Å². The van der Waals surface area contributed by atoms with Gasteiger partial charge in [0.05, 0.1) is 29.7 Å². The molecule has 32 heavy (non-hydrogen) atoms. The van der Waals surface area contributed by atoms with Crippen molar-refractivity contribution in [3.8, 4) is 11.9 Å². The predicted octanol–water partition coefficient (Wildman–Crippen LogP) is 2.93. The SMILES string of the molecule is N#Cc1cnc2cc(N3CCOCC3)nc(O[C@H]3CC[C@@H](Nc4ncccn4)CC3)c2c1. The van der Waals surface area contributed by atoms with E-state index in [1.807, 2.05) is 18.2 Å². The Bertz CT molecular complexity index is 1100. The molecule has 2 fully saturated rings. The van der Waals surface area contributed by atoms with Crippen molar-refractivity contribution in [3.63, 3.8) is 0 Å². The van der Waals surface area contributed by atoms with Gasteiger partial charge in [0, 0.05) is 43.8 Å². The fourth-order valence-corrected chi connectivity index (χ4v) is 4.22. The lowest BCUT2D eigenvalue weighted by Gasteiger charge is -2.31. The number of rotatable bonds is 5. The van der Waals surface area contributed by atoms with E-state index in [0.29, 0.717) is 36.6 Å². The quantitative estimate of drug-likeness (QED) is 0.652. The molecule has 0 radical (unpaired) electrons. The minimum absolute atomic E-state index is 0.0612. The van der Waals surface area contributed by atoms with E-state index in [1.54, 1.807) is 18.6 Å². The van der Waals surface area contributed by atoms with E-state index >= 15 is 0 Å². The van der Waals surface area contributed by atoms with E-state index in [4.69, 9.17) is 14.5 Å². The first kappa shape index (κ1) is 20.4. The van der Waals surface area contributed by atoms with E-state index in [0.717, 1.165) is 55.5 Å². The molecule has 0 aromatic carbocycles. The number of pyridine rings is 2. The number of nitriles is 1. The van der Waals surface area contributed by atoms with E-state index in [9.17, 15) is 5.26 Å². The fraction of sp³-hybridized carbons (Fsp3) is 0.435. The van der Waals surface area contributed by atoms with Gasteiger partial charge in [-0.15, -0.1) is 0 Å². The van der Waals surface area contributed by atoms with Crippen LogP contribution in [0, 0.1) is 11.3 Å². The Balaban J connectivity index is 1.34. The van der Waals surface area contributed by atoms with E-state index in [-0.39, 0.29) is 6.10 Å². The average molecular weight is 432 g/mol. The summed E-state index contributed by atoms with van der Waals surface area (Å²) in [5.74, 6) is 2.05. The van der Waals surface area contributed by atoms with Crippen molar-refractivity contribution >= 4 is 22.7 Å². The Morgan fingerprint density at radius 3 is 2.59 bits per heavy atom. The van der Waals surface area contributed by atoms with Gasteiger partial charge in [-0.25, -0.2) is 9.97 Å². The number of ether oxygens (including phenoxy) is 2. The van der Waals surface area contributed by atoms with Crippen LogP contribution in [-0.4, -0.2) is 58.4 Å². The standard InChI is InChI=1S/C23H25N7O2/c24-14-16-12-19-20(27-15-16)13-21(30-8-10-31-11-9-30)29-22(19)32-18-4-2-17(3-5-18)28-23-25-6-1-7-26-23/h1,6-7,12-13,15,17-18H,2-5,8-11H2,(H,25,26,28)/t17-,18+. The molecule has 4 heterocycles. The maximum absolute atomic E-state index is 9.33. The first-order valence-electron chi connectivity index (χ1n) is 11.0. The lowest BCUT2D eigenvalue weighted by atomic mass is 9.93. The number of fused-ring (bicyclic) bond motifs is 1. The zero-order valence-corrected chi connectivity index (χ0v) is 17.8. The third-order valence-corrected chi connectivity index (χ3v) is 5.95. The summed E-state index contributed by atoms with van der Waals surface area (Å²) in [6, 6.07) is 8.08. The molecule has 3 aromatic rings. The second-order valence-corrected chi connectivity index (χ2v) is 8.10. The second kappa shape index (κ2) is 9.32. The summed E-state index contributed by atoms with van der Waals surface area (Å²) >= 11 is 0. The lowest BCUT2D eigenvalue weighted by molar-refractivity contribution is 0.122. The van der Waals surface area contributed by atoms with E-state index in [1.165, 1.54) is 0 Å². The number of nitrogens with one attached hydrogen (secondary N) is 1. The van der Waals surface area contributed by atoms with Gasteiger partial charge in [0.1, 0.15) is 18.0 Å². The van der Waals surface area contributed by atoms with Gasteiger partial charge in [0.2, 0.25) is 11.8 Å². The molecular weight excluding hydrogens is 406 g/mol. The van der Waals surface area contributed by atoms with Crippen molar-refractivity contribution in [2.75, 3.05) is 36.5 Å². The van der Waals surface area contributed by atoms with Crippen LogP contribution in [0.3, 0.4) is 0 Å². The zero-order valence-electron chi connectivity index (χ0n) is 17.8. The molecule has 164 valence electrons. The summed E-state index contributed by atoms with van der Waals surface area (Å²) < 4.78 is 11.9. The van der Waals surface area contributed by atoms with Crippen molar-refractivity contribution in [2.24, 2.45) is 0 Å². The monoisotopic (exact) mass is 431 g/mol. The highest BCUT2D eigenvalue weighted by Crippen LogP contribution is 2.32. The van der Waals surface area contributed by atoms with Gasteiger partial charge < -0.3 is 19.7 Å². The van der Waals surface area contributed by atoms with Gasteiger partial charge in [-0.2, -0.15) is 10.2 Å². The molecule has 0 amide bonds. The predicted molar refractivity (Wildman–Crippen MR) is 120 cm³/mol. The van der Waals surface area contributed by atoms with Gasteiger partial charge in [0.25, 0.3) is 0 Å². The second-order valence-electron chi connectivity index (χ2n) is 8.10. The van der Waals surface area contributed by atoms with Crippen molar-refractivity contribution in [2.45, 2.75) is 37.8 Å². The Morgan fingerprint density at radius 1 is 1.06 bits per heavy atom. The highest BCUT2D eigenvalue weighted by molar-refractivity contribution is 5.86. The number of aromatic nitrogens is 4. The third-order valence-electron chi connectivity index (χ3n) is 5.95. The minimum atomic E-state index is 0.0612. The number of anilines is 2. The highest BCUT2D eigenvalue weighted by Gasteiger charge is 2.25. The molecule has 0 bridgehead atoms. The normalized spacial score (nSPS) is 21.2. The summed E-state index contributed by atoms with van der Waals surface area (Å²) in [5, 5.41) is 13.5. The Kier molecular flexibility index (Phi) is 5.94. The molecule has 9 heteroatoms. The summed E-state index contributed by atoms with van der Waals surface area (Å²) in [5.41, 5.74) is 1.28. The largest absolute Gasteiger partial charge is 0.474 e. The minimum Gasteiger partial charge on any atom is -0.474 e. The van der Waals surface area contributed by atoms with Gasteiger partial charge in [-0.3, -0.25) is 4.98 Å². The molecular formula is C23H25N7O2. The molecule has 0 unspecified atom stereocenters. The molecule has 0 atom stereocenters. The van der Waals surface area contributed by atoms with Crippen LogP contribution < -0.4 is 15.0 Å². The lowest BCUT2D eigenvalue weighted by Crippen LogP contribution is -2.37. The molecule has 3 aromatic heterocycles. The maximum Gasteiger partial charge on any atom is 0.225 e. The highest BCUT2D eigenvalue weighted by atomic mass is 16.5. The summed E-state index contributed by atoms with van der Waals surface area (Å²) in [6.45, 7) is 2.93. The van der Waals surface area contributed by atoms with E-state index in [2.05, 4.69) is 31.2 Å². The van der Waals surface area contributed by atoms with Crippen molar-refractivity contribution in [1.82, 2.24) is 19.9 Å².